The Balaban J connectivity index is 1.64. The Hall–Kier alpha value is -3.85. The first-order valence-corrected chi connectivity index (χ1v) is 11.2. The van der Waals surface area contributed by atoms with Crippen molar-refractivity contribution < 1.29 is 13.7 Å². The molecule has 1 atom stereocenters. The summed E-state index contributed by atoms with van der Waals surface area (Å²) in [5.41, 5.74) is 0.623. The van der Waals surface area contributed by atoms with Gasteiger partial charge >= 0.3 is 0 Å². The van der Waals surface area contributed by atoms with Crippen LogP contribution in [0.2, 0.25) is 0 Å². The van der Waals surface area contributed by atoms with E-state index in [9.17, 15) is 19.0 Å². The number of aromatic nitrogens is 3. The molecule has 1 amide bonds. The van der Waals surface area contributed by atoms with E-state index in [-0.39, 0.29) is 17.0 Å². The van der Waals surface area contributed by atoms with Gasteiger partial charge in [-0.25, -0.2) is 9.19 Å². The molecule has 0 radical (unpaired) electrons. The Morgan fingerprint density at radius 1 is 1.16 bits per heavy atom. The molecule has 3 aromatic heterocycles. The normalized spacial score (nSPS) is 14.2. The fourth-order valence-corrected chi connectivity index (χ4v) is 4.54. The molecule has 4 aromatic rings. The maximum Gasteiger partial charge on any atom is 0.257 e. The lowest BCUT2D eigenvalue weighted by Gasteiger charge is -2.14. The van der Waals surface area contributed by atoms with Crippen LogP contribution in [-0.4, -0.2) is 25.7 Å². The predicted octanol–water partition coefficient (Wildman–Crippen LogP) is 2.08. The first-order chi connectivity index (χ1) is 15.5. The van der Waals surface area contributed by atoms with Gasteiger partial charge in [-0.2, -0.15) is 4.73 Å². The second-order valence-corrected chi connectivity index (χ2v) is 9.01. The molecule has 32 heavy (non-hydrogen) atoms. The van der Waals surface area contributed by atoms with Crippen molar-refractivity contribution >= 4 is 27.7 Å². The Labute approximate surface area is 185 Å². The molecular weight excluding hydrogens is 428 g/mol. The molecule has 0 aliphatic heterocycles. The Morgan fingerprint density at radius 2 is 1.97 bits per heavy atom. The third-order valence-electron chi connectivity index (χ3n) is 5.19. The first-order valence-electron chi connectivity index (χ1n) is 10.0. The summed E-state index contributed by atoms with van der Waals surface area (Å²) >= 11 is 0. The third-order valence-corrected chi connectivity index (χ3v) is 6.54. The summed E-state index contributed by atoms with van der Waals surface area (Å²) in [5.74, 6) is -0.416. The zero-order valence-corrected chi connectivity index (χ0v) is 17.6. The van der Waals surface area contributed by atoms with E-state index in [0.717, 1.165) is 12.8 Å². The van der Waals surface area contributed by atoms with E-state index in [1.165, 1.54) is 24.7 Å². The maximum atomic E-state index is 13.0. The highest BCUT2D eigenvalue weighted by atomic mass is 32.2. The molecule has 1 unspecified atom stereocenters. The minimum absolute atomic E-state index is 0.0272. The summed E-state index contributed by atoms with van der Waals surface area (Å²) in [6, 6.07) is 13.4. The lowest BCUT2D eigenvalue weighted by molar-refractivity contribution is -0.607. The number of benzene rings is 1. The van der Waals surface area contributed by atoms with E-state index in [4.69, 9.17) is 0 Å². The van der Waals surface area contributed by atoms with Gasteiger partial charge in [0.05, 0.1) is 16.2 Å². The average molecular weight is 446 g/mol. The largest absolute Gasteiger partial charge is 0.619 e. The molecule has 0 spiro atoms. The molecule has 1 aromatic carbocycles. The molecule has 0 saturated heterocycles. The molecule has 1 aliphatic rings. The van der Waals surface area contributed by atoms with Gasteiger partial charge in [-0.15, -0.1) is 0 Å². The third kappa shape index (κ3) is 3.78. The van der Waals surface area contributed by atoms with Crippen molar-refractivity contribution in [1.29, 1.82) is 0 Å². The average Bonchev–Trinajstić information content (AvgIpc) is 3.63. The van der Waals surface area contributed by atoms with Crippen LogP contribution in [-0.2, 0) is 10.8 Å². The molecule has 3 heterocycles. The van der Waals surface area contributed by atoms with Crippen molar-refractivity contribution in [2.75, 3.05) is 0 Å². The smallest absolute Gasteiger partial charge is 0.257 e. The lowest BCUT2D eigenvalue weighted by atomic mass is 10.1. The number of amides is 1. The highest BCUT2D eigenvalue weighted by Crippen LogP contribution is 2.22. The summed E-state index contributed by atoms with van der Waals surface area (Å²) in [4.78, 5) is 30.8. The number of fused-ring (bicyclic) bond motifs is 1. The molecule has 8 nitrogen and oxygen atoms in total. The number of carbonyl (C=O) groups excluding carboxylic acids is 1. The zero-order chi connectivity index (χ0) is 22.2. The minimum Gasteiger partial charge on any atom is -0.619 e. The Bertz CT molecular complexity index is 1450. The molecule has 5 rings (SSSR count). The fourth-order valence-electron chi connectivity index (χ4n) is 3.44. The molecule has 0 bridgehead atoms. The second kappa shape index (κ2) is 8.01. The molecule has 1 fully saturated rings. The summed E-state index contributed by atoms with van der Waals surface area (Å²) < 4.78 is 15.3. The van der Waals surface area contributed by atoms with Crippen LogP contribution in [0.3, 0.4) is 0 Å². The van der Waals surface area contributed by atoms with E-state index in [1.807, 2.05) is 0 Å². The topological polar surface area (TPSA) is 108 Å². The number of rotatable bonds is 5. The van der Waals surface area contributed by atoms with E-state index in [2.05, 4.69) is 10.3 Å². The van der Waals surface area contributed by atoms with Crippen molar-refractivity contribution in [2.24, 2.45) is 0 Å². The van der Waals surface area contributed by atoms with E-state index >= 15 is 0 Å². The SMILES string of the molecule is O=C(NC1CC1)c1cn(-c2cccc(S(=O)c3ccc[n+]([O-])c3)c2)c2ncccc2c1=O. The number of pyridine rings is 3. The van der Waals surface area contributed by atoms with Crippen molar-refractivity contribution in [3.63, 3.8) is 0 Å². The van der Waals surface area contributed by atoms with Crippen LogP contribution in [0, 0.1) is 5.21 Å². The van der Waals surface area contributed by atoms with Gasteiger partial charge in [-0.1, -0.05) is 6.07 Å². The van der Waals surface area contributed by atoms with E-state index < -0.39 is 16.7 Å². The van der Waals surface area contributed by atoms with Gasteiger partial charge in [-0.05, 0) is 49.2 Å². The van der Waals surface area contributed by atoms with Crippen LogP contribution in [0.25, 0.3) is 16.7 Å². The number of carbonyl (C=O) groups is 1. The van der Waals surface area contributed by atoms with Crippen LogP contribution >= 0.6 is 0 Å². The van der Waals surface area contributed by atoms with Crippen molar-refractivity contribution in [3.05, 3.63) is 94.3 Å². The van der Waals surface area contributed by atoms with Gasteiger partial charge in [0, 0.05) is 35.1 Å². The standard InChI is InChI=1S/C23H18N4O4S/c28-21-19-7-2-10-24-22(19)27(14-20(21)23(29)25-15-8-9-15)16-4-1-5-17(12-16)32(31)18-6-3-11-26(30)13-18/h1-7,10-15H,8-9H2,(H,25,29). The monoisotopic (exact) mass is 446 g/mol. The molecule has 9 heteroatoms. The predicted molar refractivity (Wildman–Crippen MR) is 118 cm³/mol. The van der Waals surface area contributed by atoms with Crippen LogP contribution in [0.1, 0.15) is 23.2 Å². The van der Waals surface area contributed by atoms with Gasteiger partial charge in [0.1, 0.15) is 16.1 Å². The second-order valence-electron chi connectivity index (χ2n) is 7.53. The summed E-state index contributed by atoms with van der Waals surface area (Å²) in [7, 11) is -1.59. The molecule has 1 aliphatic carbocycles. The molecule has 1 N–H and O–H groups in total. The minimum atomic E-state index is -1.59. The zero-order valence-electron chi connectivity index (χ0n) is 16.8. The summed E-state index contributed by atoms with van der Waals surface area (Å²) in [6.07, 6.45) is 7.45. The fraction of sp³-hybridized carbons (Fsp3) is 0.130. The molecule has 1 saturated carbocycles. The first kappa shape index (κ1) is 20.1. The lowest BCUT2D eigenvalue weighted by Crippen LogP contribution is -2.31. The van der Waals surface area contributed by atoms with Crippen LogP contribution in [0.15, 0.2) is 87.9 Å². The highest BCUT2D eigenvalue weighted by molar-refractivity contribution is 7.85. The van der Waals surface area contributed by atoms with Crippen LogP contribution in [0.4, 0.5) is 0 Å². The molecular formula is C23H18N4O4S. The van der Waals surface area contributed by atoms with Crippen molar-refractivity contribution in [3.8, 4) is 5.69 Å². The Morgan fingerprint density at radius 3 is 2.75 bits per heavy atom. The maximum absolute atomic E-state index is 13.0. The van der Waals surface area contributed by atoms with E-state index in [0.29, 0.717) is 31.2 Å². The van der Waals surface area contributed by atoms with Crippen molar-refractivity contribution in [1.82, 2.24) is 14.9 Å². The quantitative estimate of drug-likeness (QED) is 0.373. The van der Waals surface area contributed by atoms with Gasteiger partial charge in [0.15, 0.2) is 12.4 Å². The number of hydrogen-bond acceptors (Lipinski definition) is 5. The van der Waals surface area contributed by atoms with E-state index in [1.54, 1.807) is 53.2 Å². The summed E-state index contributed by atoms with van der Waals surface area (Å²) in [5, 5.41) is 14.8. The number of nitrogens with zero attached hydrogens (tertiary/aromatic N) is 3. The van der Waals surface area contributed by atoms with Crippen LogP contribution in [0.5, 0.6) is 0 Å². The van der Waals surface area contributed by atoms with Gasteiger partial charge < -0.3 is 15.1 Å². The Kier molecular flexibility index (Phi) is 5.02. The van der Waals surface area contributed by atoms with Gasteiger partial charge in [-0.3, -0.25) is 9.59 Å². The van der Waals surface area contributed by atoms with Crippen molar-refractivity contribution in [2.45, 2.75) is 28.7 Å². The van der Waals surface area contributed by atoms with Crippen LogP contribution < -0.4 is 15.5 Å². The number of hydrogen-bond donors (Lipinski definition) is 1. The number of nitrogens with one attached hydrogen (secondary N) is 1. The summed E-state index contributed by atoms with van der Waals surface area (Å²) in [6.45, 7) is 0. The van der Waals surface area contributed by atoms with Gasteiger partial charge in [0.25, 0.3) is 5.91 Å². The molecule has 160 valence electrons. The highest BCUT2D eigenvalue weighted by Gasteiger charge is 2.26. The van der Waals surface area contributed by atoms with Gasteiger partial charge in [0.2, 0.25) is 5.43 Å².